The normalized spacial score (nSPS) is 11.8. The van der Waals surface area contributed by atoms with Crippen molar-refractivity contribution in [3.63, 3.8) is 0 Å². The van der Waals surface area contributed by atoms with E-state index in [2.05, 4.69) is 28.1 Å². The van der Waals surface area contributed by atoms with Crippen LogP contribution in [0.5, 0.6) is 11.5 Å². The van der Waals surface area contributed by atoms with Crippen molar-refractivity contribution in [2.45, 2.75) is 13.0 Å². The fourth-order valence-corrected chi connectivity index (χ4v) is 3.60. The highest BCUT2D eigenvalue weighted by Gasteiger charge is 2.19. The Bertz CT molecular complexity index is 1140. The maximum atomic E-state index is 12.6. The lowest BCUT2D eigenvalue weighted by molar-refractivity contribution is -0.141. The second-order valence-electron chi connectivity index (χ2n) is 6.66. The first-order valence-corrected chi connectivity index (χ1v) is 10.1. The Balaban J connectivity index is 1.46. The molecule has 1 unspecified atom stereocenters. The predicted octanol–water partition coefficient (Wildman–Crippen LogP) is 6.64. The second kappa shape index (κ2) is 8.50. The van der Waals surface area contributed by atoms with Crippen molar-refractivity contribution in [2.24, 2.45) is 0 Å². The molecular weight excluding hydrogens is 428 g/mol. The maximum absolute atomic E-state index is 12.6. The van der Waals surface area contributed by atoms with Gasteiger partial charge in [0.1, 0.15) is 11.5 Å². The van der Waals surface area contributed by atoms with Crippen LogP contribution in [-0.4, -0.2) is 12.1 Å². The van der Waals surface area contributed by atoms with Gasteiger partial charge in [0, 0.05) is 9.86 Å². The molecular formula is C25H19BrO3. The molecule has 4 rings (SSSR count). The molecule has 0 aliphatic rings. The Kier molecular flexibility index (Phi) is 5.63. The van der Waals surface area contributed by atoms with E-state index in [0.717, 1.165) is 26.4 Å². The summed E-state index contributed by atoms with van der Waals surface area (Å²) in [5.41, 5.74) is 2.23. The summed E-state index contributed by atoms with van der Waals surface area (Å²) in [5, 5.41) is 1.86. The minimum absolute atomic E-state index is 0.440. The molecule has 0 aliphatic carbocycles. The largest absolute Gasteiger partial charge is 0.479 e. The number of hydrogen-bond donors (Lipinski definition) is 0. The lowest BCUT2D eigenvalue weighted by atomic mass is 10.1. The maximum Gasteiger partial charge on any atom is 0.352 e. The zero-order chi connectivity index (χ0) is 20.2. The second-order valence-corrected chi connectivity index (χ2v) is 7.52. The molecule has 4 heteroatoms. The summed E-state index contributed by atoms with van der Waals surface area (Å²) in [5.74, 6) is 0.697. The monoisotopic (exact) mass is 446 g/mol. The quantitative estimate of drug-likeness (QED) is 0.254. The van der Waals surface area contributed by atoms with Crippen LogP contribution < -0.4 is 9.47 Å². The highest BCUT2D eigenvalue weighted by molar-refractivity contribution is 9.10. The van der Waals surface area contributed by atoms with Crippen molar-refractivity contribution >= 4 is 32.7 Å². The smallest absolute Gasteiger partial charge is 0.352 e. The number of carbonyl (C=O) groups excluding carboxylic acids is 1. The molecule has 0 radical (unpaired) electrons. The van der Waals surface area contributed by atoms with Gasteiger partial charge in [0.15, 0.2) is 6.10 Å². The number of rotatable bonds is 5. The van der Waals surface area contributed by atoms with Gasteiger partial charge in [0.25, 0.3) is 0 Å². The molecule has 0 spiro atoms. The average Bonchev–Trinajstić information content (AvgIpc) is 2.77. The number of carbonyl (C=O) groups is 1. The molecule has 4 aromatic carbocycles. The Labute approximate surface area is 178 Å². The third-order valence-corrected chi connectivity index (χ3v) is 5.34. The van der Waals surface area contributed by atoms with E-state index in [9.17, 15) is 4.79 Å². The van der Waals surface area contributed by atoms with Gasteiger partial charge in [-0.15, -0.1) is 0 Å². The highest BCUT2D eigenvalue weighted by atomic mass is 79.9. The van der Waals surface area contributed by atoms with Gasteiger partial charge in [-0.25, -0.2) is 4.79 Å². The van der Waals surface area contributed by atoms with Crippen LogP contribution in [0.4, 0.5) is 0 Å². The van der Waals surface area contributed by atoms with Gasteiger partial charge in [-0.05, 0) is 47.7 Å². The van der Waals surface area contributed by atoms with Crippen LogP contribution >= 0.6 is 15.9 Å². The third kappa shape index (κ3) is 4.33. The first-order valence-electron chi connectivity index (χ1n) is 9.33. The van der Waals surface area contributed by atoms with Crippen molar-refractivity contribution in [2.75, 3.05) is 0 Å². The topological polar surface area (TPSA) is 35.5 Å². The van der Waals surface area contributed by atoms with Gasteiger partial charge in [0.2, 0.25) is 0 Å². The fourth-order valence-electron chi connectivity index (χ4n) is 3.12. The van der Waals surface area contributed by atoms with Gasteiger partial charge in [-0.1, -0.05) is 82.7 Å². The summed E-state index contributed by atoms with van der Waals surface area (Å²) in [7, 11) is 0. The number of esters is 1. The van der Waals surface area contributed by atoms with Gasteiger partial charge < -0.3 is 9.47 Å². The van der Waals surface area contributed by atoms with Crippen molar-refractivity contribution in [1.82, 2.24) is 0 Å². The highest BCUT2D eigenvalue weighted by Crippen LogP contribution is 2.32. The van der Waals surface area contributed by atoms with Crippen LogP contribution in [0, 0.1) is 0 Å². The summed E-state index contributed by atoms with van der Waals surface area (Å²) in [6.07, 6.45) is -0.736. The Morgan fingerprint density at radius 2 is 1.38 bits per heavy atom. The van der Waals surface area contributed by atoms with Crippen molar-refractivity contribution in [3.8, 4) is 22.6 Å². The molecule has 0 saturated carbocycles. The number of benzene rings is 4. The summed E-state index contributed by atoms with van der Waals surface area (Å²) >= 11 is 3.53. The zero-order valence-corrected chi connectivity index (χ0v) is 17.4. The molecule has 0 saturated heterocycles. The van der Waals surface area contributed by atoms with Gasteiger partial charge in [-0.3, -0.25) is 0 Å². The molecule has 0 bridgehead atoms. The molecule has 4 aromatic rings. The molecule has 0 heterocycles. The first kappa shape index (κ1) is 19.2. The van der Waals surface area contributed by atoms with Crippen molar-refractivity contribution in [1.29, 1.82) is 0 Å². The summed E-state index contributed by atoms with van der Waals surface area (Å²) in [4.78, 5) is 12.6. The van der Waals surface area contributed by atoms with Crippen molar-refractivity contribution < 1.29 is 14.3 Å². The standard InChI is InChI=1S/C25H19BrO3/c1-17(28-20-13-11-19(12-14-20)18-7-3-2-4-8-18)25(27)29-24-16-15-23(26)21-9-5-6-10-22(21)24/h2-17H,1H3. The lowest BCUT2D eigenvalue weighted by Crippen LogP contribution is -2.28. The van der Waals surface area contributed by atoms with E-state index < -0.39 is 12.1 Å². The molecule has 0 N–H and O–H groups in total. The van der Waals surface area contributed by atoms with E-state index in [1.165, 1.54) is 0 Å². The van der Waals surface area contributed by atoms with Gasteiger partial charge in [0.05, 0.1) is 0 Å². The molecule has 3 nitrogen and oxygen atoms in total. The lowest BCUT2D eigenvalue weighted by Gasteiger charge is -2.15. The Morgan fingerprint density at radius 1 is 0.759 bits per heavy atom. The Hall–Kier alpha value is -3.11. The predicted molar refractivity (Wildman–Crippen MR) is 119 cm³/mol. The van der Waals surface area contributed by atoms with Crippen molar-refractivity contribution in [3.05, 3.63) is 95.5 Å². The van der Waals surface area contributed by atoms with E-state index in [1.807, 2.05) is 72.8 Å². The van der Waals surface area contributed by atoms with Crippen LogP contribution in [0.15, 0.2) is 95.5 Å². The molecule has 0 amide bonds. The van der Waals surface area contributed by atoms with Crippen LogP contribution in [0.25, 0.3) is 21.9 Å². The molecule has 0 aliphatic heterocycles. The number of fused-ring (bicyclic) bond motifs is 1. The van der Waals surface area contributed by atoms with Crippen LogP contribution in [0.3, 0.4) is 0 Å². The SMILES string of the molecule is CC(Oc1ccc(-c2ccccc2)cc1)C(=O)Oc1ccc(Br)c2ccccc12. The van der Waals surface area contributed by atoms with Crippen LogP contribution in [0.1, 0.15) is 6.92 Å². The van der Waals surface area contributed by atoms with E-state index in [4.69, 9.17) is 9.47 Å². The number of halogens is 1. The molecule has 1 atom stereocenters. The minimum atomic E-state index is -0.736. The molecule has 0 aromatic heterocycles. The van der Waals surface area contributed by atoms with Crippen LogP contribution in [0.2, 0.25) is 0 Å². The zero-order valence-electron chi connectivity index (χ0n) is 15.8. The summed E-state index contributed by atoms with van der Waals surface area (Å²) in [6, 6.07) is 29.2. The van der Waals surface area contributed by atoms with E-state index >= 15 is 0 Å². The van der Waals surface area contributed by atoms with Crippen LogP contribution in [-0.2, 0) is 4.79 Å². The summed E-state index contributed by atoms with van der Waals surface area (Å²) < 4.78 is 12.4. The first-order chi connectivity index (χ1) is 14.1. The molecule has 29 heavy (non-hydrogen) atoms. The van der Waals surface area contributed by atoms with Gasteiger partial charge in [-0.2, -0.15) is 0 Å². The molecule has 0 fully saturated rings. The van der Waals surface area contributed by atoms with E-state index in [0.29, 0.717) is 11.5 Å². The fraction of sp³-hybridized carbons (Fsp3) is 0.0800. The van der Waals surface area contributed by atoms with E-state index in [1.54, 1.807) is 13.0 Å². The molecule has 144 valence electrons. The third-order valence-electron chi connectivity index (χ3n) is 4.65. The summed E-state index contributed by atoms with van der Waals surface area (Å²) in [6.45, 7) is 1.69. The Morgan fingerprint density at radius 3 is 2.10 bits per heavy atom. The van der Waals surface area contributed by atoms with Gasteiger partial charge >= 0.3 is 5.97 Å². The average molecular weight is 447 g/mol. The number of ether oxygens (including phenoxy) is 2. The van der Waals surface area contributed by atoms with E-state index in [-0.39, 0.29) is 0 Å². The minimum Gasteiger partial charge on any atom is -0.479 e. The number of hydrogen-bond acceptors (Lipinski definition) is 3.